The Kier molecular flexibility index (Phi) is 3.67. The molecule has 1 N–H and O–H groups in total. The van der Waals surface area contributed by atoms with Gasteiger partial charge in [0.2, 0.25) is 5.91 Å². The number of amides is 1. The third-order valence-electron chi connectivity index (χ3n) is 3.42. The predicted molar refractivity (Wildman–Crippen MR) is 67.4 cm³/mol. The lowest BCUT2D eigenvalue weighted by Crippen LogP contribution is -2.22. The number of carbonyl (C=O) groups excluding carboxylic acids is 1. The van der Waals surface area contributed by atoms with Gasteiger partial charge in [-0.05, 0) is 48.4 Å². The van der Waals surface area contributed by atoms with Gasteiger partial charge in [0.05, 0.1) is 7.11 Å². The van der Waals surface area contributed by atoms with Crippen molar-refractivity contribution in [2.24, 2.45) is 0 Å². The number of fused-ring (bicyclic) bond motifs is 1. The molecule has 0 unspecified atom stereocenters. The topological polar surface area (TPSA) is 38.3 Å². The van der Waals surface area contributed by atoms with E-state index in [0.29, 0.717) is 5.92 Å². The average molecular weight is 233 g/mol. The van der Waals surface area contributed by atoms with Gasteiger partial charge in [0.15, 0.2) is 0 Å². The van der Waals surface area contributed by atoms with Crippen molar-refractivity contribution in [1.82, 2.24) is 5.32 Å². The summed E-state index contributed by atoms with van der Waals surface area (Å²) in [6.45, 7) is 2.32. The third kappa shape index (κ3) is 2.78. The van der Waals surface area contributed by atoms with Crippen LogP contribution in [0.15, 0.2) is 18.2 Å². The number of carbonyl (C=O) groups is 1. The molecule has 1 atom stereocenters. The van der Waals surface area contributed by atoms with E-state index in [0.717, 1.165) is 25.1 Å². The molecule has 1 amide bonds. The van der Waals surface area contributed by atoms with Crippen molar-refractivity contribution in [1.29, 1.82) is 0 Å². The fraction of sp³-hybridized carbons (Fsp3) is 0.500. The highest BCUT2D eigenvalue weighted by Gasteiger charge is 2.22. The van der Waals surface area contributed by atoms with Crippen molar-refractivity contribution in [3.05, 3.63) is 29.3 Å². The fourth-order valence-corrected chi connectivity index (χ4v) is 2.52. The molecule has 1 aliphatic rings. The summed E-state index contributed by atoms with van der Waals surface area (Å²) >= 11 is 0. The Bertz CT molecular complexity index is 415. The molecular formula is C14H19NO2. The summed E-state index contributed by atoms with van der Waals surface area (Å²) < 4.78 is 5.26. The predicted octanol–water partition coefficient (Wildman–Crippen LogP) is 2.25. The third-order valence-corrected chi connectivity index (χ3v) is 3.42. The number of aryl methyl sites for hydroxylation is 1. The molecule has 0 saturated carbocycles. The molecule has 92 valence electrons. The lowest BCUT2D eigenvalue weighted by atomic mass is 9.97. The van der Waals surface area contributed by atoms with Crippen LogP contribution < -0.4 is 10.1 Å². The Morgan fingerprint density at radius 2 is 2.35 bits per heavy atom. The van der Waals surface area contributed by atoms with Crippen molar-refractivity contribution in [2.45, 2.75) is 32.1 Å². The van der Waals surface area contributed by atoms with E-state index in [-0.39, 0.29) is 5.91 Å². The molecule has 0 fully saturated rings. The van der Waals surface area contributed by atoms with E-state index in [4.69, 9.17) is 4.74 Å². The molecule has 0 aliphatic heterocycles. The maximum atomic E-state index is 10.8. The second kappa shape index (κ2) is 5.21. The number of benzene rings is 1. The van der Waals surface area contributed by atoms with Crippen molar-refractivity contribution >= 4 is 5.91 Å². The zero-order valence-electron chi connectivity index (χ0n) is 10.5. The molecule has 1 aromatic carbocycles. The maximum Gasteiger partial charge on any atom is 0.216 e. The normalized spacial score (nSPS) is 17.6. The summed E-state index contributed by atoms with van der Waals surface area (Å²) in [6, 6.07) is 6.32. The Morgan fingerprint density at radius 1 is 1.53 bits per heavy atom. The van der Waals surface area contributed by atoms with E-state index in [1.807, 2.05) is 6.07 Å². The Balaban J connectivity index is 2.02. The maximum absolute atomic E-state index is 10.8. The smallest absolute Gasteiger partial charge is 0.216 e. The quantitative estimate of drug-likeness (QED) is 0.866. The van der Waals surface area contributed by atoms with Crippen LogP contribution in [0.2, 0.25) is 0 Å². The van der Waals surface area contributed by atoms with E-state index < -0.39 is 0 Å². The summed E-state index contributed by atoms with van der Waals surface area (Å²) in [5.74, 6) is 1.54. The SMILES string of the molecule is COc1ccc2c(c1)[C@H](CCNC(C)=O)CC2. The van der Waals surface area contributed by atoms with Crippen LogP contribution in [0.3, 0.4) is 0 Å². The van der Waals surface area contributed by atoms with Gasteiger partial charge in [-0.1, -0.05) is 6.07 Å². The number of ether oxygens (including phenoxy) is 1. The van der Waals surface area contributed by atoms with E-state index in [2.05, 4.69) is 17.4 Å². The van der Waals surface area contributed by atoms with Crippen LogP contribution in [0.5, 0.6) is 5.75 Å². The minimum absolute atomic E-state index is 0.0499. The number of methoxy groups -OCH3 is 1. The van der Waals surface area contributed by atoms with Gasteiger partial charge >= 0.3 is 0 Å². The summed E-state index contributed by atoms with van der Waals surface area (Å²) in [5.41, 5.74) is 2.83. The van der Waals surface area contributed by atoms with Crippen LogP contribution in [0.25, 0.3) is 0 Å². The van der Waals surface area contributed by atoms with Crippen molar-refractivity contribution in [2.75, 3.05) is 13.7 Å². The fourth-order valence-electron chi connectivity index (χ4n) is 2.52. The standard InChI is InChI=1S/C14H19NO2/c1-10(16)15-8-7-12-4-3-11-5-6-13(17-2)9-14(11)12/h5-6,9,12H,3-4,7-8H2,1-2H3,(H,15,16)/t12-/m0/s1. The monoisotopic (exact) mass is 233 g/mol. The molecule has 0 saturated heterocycles. The van der Waals surface area contributed by atoms with E-state index in [1.54, 1.807) is 14.0 Å². The van der Waals surface area contributed by atoms with Gasteiger partial charge in [-0.2, -0.15) is 0 Å². The second-order valence-corrected chi connectivity index (χ2v) is 4.57. The molecule has 17 heavy (non-hydrogen) atoms. The van der Waals surface area contributed by atoms with Crippen molar-refractivity contribution < 1.29 is 9.53 Å². The first-order valence-electron chi connectivity index (χ1n) is 6.12. The van der Waals surface area contributed by atoms with E-state index in [1.165, 1.54) is 17.5 Å². The summed E-state index contributed by atoms with van der Waals surface area (Å²) in [7, 11) is 1.70. The summed E-state index contributed by atoms with van der Waals surface area (Å²) in [5, 5.41) is 2.86. The first kappa shape index (κ1) is 12.0. The van der Waals surface area contributed by atoms with Crippen LogP contribution >= 0.6 is 0 Å². The van der Waals surface area contributed by atoms with Crippen molar-refractivity contribution in [3.63, 3.8) is 0 Å². The molecule has 0 spiro atoms. The lowest BCUT2D eigenvalue weighted by Gasteiger charge is -2.12. The average Bonchev–Trinajstić information content (AvgIpc) is 2.71. The first-order valence-corrected chi connectivity index (χ1v) is 6.12. The molecule has 0 bridgehead atoms. The first-order chi connectivity index (χ1) is 8.20. The molecule has 1 aliphatic carbocycles. The highest BCUT2D eigenvalue weighted by molar-refractivity contribution is 5.72. The van der Waals surface area contributed by atoms with E-state index in [9.17, 15) is 4.79 Å². The number of rotatable bonds is 4. The lowest BCUT2D eigenvalue weighted by molar-refractivity contribution is -0.118. The number of hydrogen-bond donors (Lipinski definition) is 1. The molecular weight excluding hydrogens is 214 g/mol. The second-order valence-electron chi connectivity index (χ2n) is 4.57. The molecule has 3 nitrogen and oxygen atoms in total. The van der Waals surface area contributed by atoms with Crippen LogP contribution in [0, 0.1) is 0 Å². The van der Waals surface area contributed by atoms with Gasteiger partial charge in [0.25, 0.3) is 0 Å². The molecule has 0 heterocycles. The molecule has 2 rings (SSSR count). The zero-order valence-corrected chi connectivity index (χ0v) is 10.5. The summed E-state index contributed by atoms with van der Waals surface area (Å²) in [4.78, 5) is 10.8. The van der Waals surface area contributed by atoms with Crippen LogP contribution in [-0.2, 0) is 11.2 Å². The van der Waals surface area contributed by atoms with Crippen LogP contribution in [0.4, 0.5) is 0 Å². The highest BCUT2D eigenvalue weighted by atomic mass is 16.5. The Labute approximate surface area is 102 Å². The van der Waals surface area contributed by atoms with Gasteiger partial charge in [-0.25, -0.2) is 0 Å². The van der Waals surface area contributed by atoms with Crippen molar-refractivity contribution in [3.8, 4) is 5.75 Å². The minimum atomic E-state index is 0.0499. The Hall–Kier alpha value is -1.51. The largest absolute Gasteiger partial charge is 0.497 e. The van der Waals surface area contributed by atoms with Crippen LogP contribution in [-0.4, -0.2) is 19.6 Å². The summed E-state index contributed by atoms with van der Waals surface area (Å²) in [6.07, 6.45) is 3.34. The van der Waals surface area contributed by atoms with Gasteiger partial charge in [-0.3, -0.25) is 4.79 Å². The molecule has 0 radical (unpaired) electrons. The molecule has 3 heteroatoms. The van der Waals surface area contributed by atoms with Crippen LogP contribution in [0.1, 0.15) is 36.8 Å². The highest BCUT2D eigenvalue weighted by Crippen LogP contribution is 2.37. The van der Waals surface area contributed by atoms with Gasteiger partial charge < -0.3 is 10.1 Å². The number of nitrogens with one attached hydrogen (secondary N) is 1. The number of hydrogen-bond acceptors (Lipinski definition) is 2. The van der Waals surface area contributed by atoms with Gasteiger partial charge in [-0.15, -0.1) is 0 Å². The minimum Gasteiger partial charge on any atom is -0.497 e. The Morgan fingerprint density at radius 3 is 3.06 bits per heavy atom. The van der Waals surface area contributed by atoms with Gasteiger partial charge in [0, 0.05) is 13.5 Å². The van der Waals surface area contributed by atoms with Gasteiger partial charge in [0.1, 0.15) is 5.75 Å². The zero-order chi connectivity index (χ0) is 12.3. The molecule has 0 aromatic heterocycles. The van der Waals surface area contributed by atoms with E-state index >= 15 is 0 Å². The molecule has 1 aromatic rings.